The van der Waals surface area contributed by atoms with Gasteiger partial charge in [-0.05, 0) is 37.5 Å². The number of nitrogens with zero attached hydrogens (tertiary/aromatic N) is 2. The molecule has 1 N–H and O–H groups in total. The Labute approximate surface area is 133 Å². The van der Waals surface area contributed by atoms with Crippen molar-refractivity contribution in [3.8, 4) is 6.01 Å². The summed E-state index contributed by atoms with van der Waals surface area (Å²) in [6.07, 6.45) is 4.43. The lowest BCUT2D eigenvalue weighted by molar-refractivity contribution is 0.279. The van der Waals surface area contributed by atoms with Crippen LogP contribution in [0.3, 0.4) is 0 Å². The normalized spacial score (nSPS) is 14.2. The van der Waals surface area contributed by atoms with Gasteiger partial charge in [0.15, 0.2) is 0 Å². The number of benzene rings is 1. The van der Waals surface area contributed by atoms with Crippen LogP contribution in [0.2, 0.25) is 0 Å². The van der Waals surface area contributed by atoms with Gasteiger partial charge >= 0.3 is 6.01 Å². The van der Waals surface area contributed by atoms with E-state index >= 15 is 0 Å². The third kappa shape index (κ3) is 4.25. The first kappa shape index (κ1) is 14.5. The van der Waals surface area contributed by atoms with Crippen LogP contribution in [0, 0.1) is 6.92 Å². The van der Waals surface area contributed by atoms with Crippen molar-refractivity contribution in [2.45, 2.75) is 39.0 Å². The second kappa shape index (κ2) is 6.54. The molecular formula is C16H18BrN3O. The van der Waals surface area contributed by atoms with Crippen LogP contribution in [-0.4, -0.2) is 16.0 Å². The van der Waals surface area contributed by atoms with Crippen molar-refractivity contribution in [1.82, 2.24) is 15.3 Å². The monoisotopic (exact) mass is 347 g/mol. The van der Waals surface area contributed by atoms with Crippen molar-refractivity contribution in [3.05, 3.63) is 51.8 Å². The van der Waals surface area contributed by atoms with E-state index in [4.69, 9.17) is 4.74 Å². The van der Waals surface area contributed by atoms with Gasteiger partial charge in [-0.15, -0.1) is 0 Å². The van der Waals surface area contributed by atoms with Crippen molar-refractivity contribution in [3.63, 3.8) is 0 Å². The van der Waals surface area contributed by atoms with E-state index in [-0.39, 0.29) is 0 Å². The summed E-state index contributed by atoms with van der Waals surface area (Å²) in [4.78, 5) is 8.71. The molecule has 2 aromatic rings. The van der Waals surface area contributed by atoms with Gasteiger partial charge in [-0.1, -0.05) is 28.1 Å². The Morgan fingerprint density at radius 2 is 2.05 bits per heavy atom. The first-order valence-electron chi connectivity index (χ1n) is 7.14. The van der Waals surface area contributed by atoms with E-state index in [2.05, 4.69) is 31.2 Å². The zero-order valence-corrected chi connectivity index (χ0v) is 13.6. The van der Waals surface area contributed by atoms with E-state index in [1.54, 1.807) is 0 Å². The topological polar surface area (TPSA) is 47.0 Å². The number of hydrogen-bond donors (Lipinski definition) is 1. The molecule has 1 fully saturated rings. The standard InChI is InChI=1S/C16H18BrN3O/c1-11-13(8-18-15-6-7-15)9-19-16(20-11)21-10-12-2-4-14(17)5-3-12/h2-5,9,15,18H,6-8,10H2,1H3. The fourth-order valence-electron chi connectivity index (χ4n) is 1.98. The Kier molecular flexibility index (Phi) is 4.51. The van der Waals surface area contributed by atoms with Crippen LogP contribution in [0.5, 0.6) is 6.01 Å². The lowest BCUT2D eigenvalue weighted by Crippen LogP contribution is -2.16. The largest absolute Gasteiger partial charge is 0.459 e. The van der Waals surface area contributed by atoms with E-state index in [0.717, 1.165) is 27.8 Å². The second-order valence-corrected chi connectivity index (χ2v) is 6.25. The third-order valence-electron chi connectivity index (χ3n) is 3.50. The Balaban J connectivity index is 1.57. The first-order chi connectivity index (χ1) is 10.2. The van der Waals surface area contributed by atoms with Gasteiger partial charge in [-0.3, -0.25) is 0 Å². The summed E-state index contributed by atoms with van der Waals surface area (Å²) in [6.45, 7) is 3.31. The summed E-state index contributed by atoms with van der Waals surface area (Å²) in [5.41, 5.74) is 3.21. The molecule has 0 saturated heterocycles. The quantitative estimate of drug-likeness (QED) is 0.870. The zero-order valence-electron chi connectivity index (χ0n) is 12.0. The van der Waals surface area contributed by atoms with Gasteiger partial charge in [0.25, 0.3) is 0 Å². The molecule has 0 bridgehead atoms. The molecule has 1 aliphatic rings. The molecule has 0 radical (unpaired) electrons. The molecule has 1 aliphatic carbocycles. The summed E-state index contributed by atoms with van der Waals surface area (Å²) >= 11 is 3.42. The van der Waals surface area contributed by atoms with Crippen LogP contribution in [0.1, 0.15) is 29.7 Å². The van der Waals surface area contributed by atoms with Crippen LogP contribution < -0.4 is 10.1 Å². The Hall–Kier alpha value is -1.46. The van der Waals surface area contributed by atoms with Crippen LogP contribution >= 0.6 is 15.9 Å². The van der Waals surface area contributed by atoms with Crippen LogP contribution in [0.25, 0.3) is 0 Å². The van der Waals surface area contributed by atoms with Crippen LogP contribution in [0.4, 0.5) is 0 Å². The molecule has 0 aliphatic heterocycles. The predicted molar refractivity (Wildman–Crippen MR) is 85.1 cm³/mol. The lowest BCUT2D eigenvalue weighted by Gasteiger charge is -2.09. The maximum atomic E-state index is 5.65. The summed E-state index contributed by atoms with van der Waals surface area (Å²) in [6, 6.07) is 9.16. The SMILES string of the molecule is Cc1nc(OCc2ccc(Br)cc2)ncc1CNC1CC1. The minimum absolute atomic E-state index is 0.436. The molecule has 0 unspecified atom stereocenters. The summed E-state index contributed by atoms with van der Waals surface area (Å²) in [5, 5.41) is 3.47. The molecule has 1 saturated carbocycles. The Bertz CT molecular complexity index is 611. The van der Waals surface area contributed by atoms with Crippen LogP contribution in [0.15, 0.2) is 34.9 Å². The summed E-state index contributed by atoms with van der Waals surface area (Å²) < 4.78 is 6.71. The van der Waals surface area contributed by atoms with Gasteiger partial charge in [0.1, 0.15) is 6.61 Å². The molecule has 1 heterocycles. The lowest BCUT2D eigenvalue weighted by atomic mass is 10.2. The average molecular weight is 348 g/mol. The number of ether oxygens (including phenoxy) is 1. The second-order valence-electron chi connectivity index (χ2n) is 5.33. The van der Waals surface area contributed by atoms with Crippen LogP contribution in [-0.2, 0) is 13.2 Å². The molecule has 0 amide bonds. The van der Waals surface area contributed by atoms with E-state index in [9.17, 15) is 0 Å². The Morgan fingerprint density at radius 1 is 1.29 bits per heavy atom. The maximum absolute atomic E-state index is 5.65. The highest BCUT2D eigenvalue weighted by Gasteiger charge is 2.20. The molecule has 21 heavy (non-hydrogen) atoms. The van der Waals surface area contributed by atoms with Crippen molar-refractivity contribution in [2.75, 3.05) is 0 Å². The molecule has 5 heteroatoms. The maximum Gasteiger partial charge on any atom is 0.316 e. The zero-order chi connectivity index (χ0) is 14.7. The van der Waals surface area contributed by atoms with Gasteiger partial charge in [0.05, 0.1) is 0 Å². The van der Waals surface area contributed by atoms with Crippen molar-refractivity contribution in [2.24, 2.45) is 0 Å². The smallest absolute Gasteiger partial charge is 0.316 e. The van der Waals surface area contributed by atoms with E-state index in [0.29, 0.717) is 18.7 Å². The van der Waals surface area contributed by atoms with Crippen molar-refractivity contribution >= 4 is 15.9 Å². The highest BCUT2D eigenvalue weighted by atomic mass is 79.9. The fourth-order valence-corrected chi connectivity index (χ4v) is 2.25. The predicted octanol–water partition coefficient (Wildman–Crippen LogP) is 3.38. The van der Waals surface area contributed by atoms with E-state index in [1.165, 1.54) is 12.8 Å². The van der Waals surface area contributed by atoms with Crippen molar-refractivity contribution in [1.29, 1.82) is 0 Å². The van der Waals surface area contributed by atoms with Gasteiger partial charge in [-0.25, -0.2) is 9.97 Å². The highest BCUT2D eigenvalue weighted by Crippen LogP contribution is 2.20. The third-order valence-corrected chi connectivity index (χ3v) is 4.03. The van der Waals surface area contributed by atoms with Gasteiger partial charge in [0, 0.05) is 34.5 Å². The molecule has 0 atom stereocenters. The average Bonchev–Trinajstić information content (AvgIpc) is 3.30. The number of nitrogens with one attached hydrogen (secondary N) is 1. The molecule has 0 spiro atoms. The number of aromatic nitrogens is 2. The molecular weight excluding hydrogens is 330 g/mol. The van der Waals surface area contributed by atoms with Gasteiger partial charge in [0.2, 0.25) is 0 Å². The van der Waals surface area contributed by atoms with Gasteiger partial charge in [-0.2, -0.15) is 0 Å². The highest BCUT2D eigenvalue weighted by molar-refractivity contribution is 9.10. The molecule has 1 aromatic carbocycles. The minimum Gasteiger partial charge on any atom is -0.459 e. The van der Waals surface area contributed by atoms with E-state index < -0.39 is 0 Å². The number of hydrogen-bond acceptors (Lipinski definition) is 4. The molecule has 3 rings (SSSR count). The minimum atomic E-state index is 0.436. The fraction of sp³-hybridized carbons (Fsp3) is 0.375. The molecule has 110 valence electrons. The number of aryl methyl sites for hydroxylation is 1. The number of rotatable bonds is 6. The van der Waals surface area contributed by atoms with E-state index in [1.807, 2.05) is 37.4 Å². The summed E-state index contributed by atoms with van der Waals surface area (Å²) in [7, 11) is 0. The molecule has 4 nitrogen and oxygen atoms in total. The van der Waals surface area contributed by atoms with Gasteiger partial charge < -0.3 is 10.1 Å². The molecule has 1 aromatic heterocycles. The number of halogens is 1. The van der Waals surface area contributed by atoms with Crippen molar-refractivity contribution < 1.29 is 4.74 Å². The Morgan fingerprint density at radius 3 is 2.71 bits per heavy atom. The summed E-state index contributed by atoms with van der Waals surface area (Å²) in [5.74, 6) is 0. The first-order valence-corrected chi connectivity index (χ1v) is 7.93.